The highest BCUT2D eigenvalue weighted by Crippen LogP contribution is 2.18. The minimum atomic E-state index is -3.95. The van der Waals surface area contributed by atoms with Crippen LogP contribution in [-0.2, 0) is 14.8 Å². The third-order valence-corrected chi connectivity index (χ3v) is 5.13. The average Bonchev–Trinajstić information content (AvgIpc) is 2.61. The molecule has 0 radical (unpaired) electrons. The first kappa shape index (κ1) is 20.5. The highest BCUT2D eigenvalue weighted by atomic mass is 35.5. The molecule has 0 amide bonds. The van der Waals surface area contributed by atoms with Crippen molar-refractivity contribution in [2.75, 3.05) is 6.26 Å². The molecule has 0 spiro atoms. The summed E-state index contributed by atoms with van der Waals surface area (Å²) in [5.74, 6) is 0.0607. The van der Waals surface area contributed by atoms with Crippen molar-refractivity contribution in [2.24, 2.45) is 9.39 Å². The van der Waals surface area contributed by atoms with Gasteiger partial charge in [-0.1, -0.05) is 53.7 Å². The molecular weight excluding hydrogens is 392 g/mol. The van der Waals surface area contributed by atoms with Crippen molar-refractivity contribution < 1.29 is 13.2 Å². The van der Waals surface area contributed by atoms with Gasteiger partial charge in [0.1, 0.15) is 0 Å². The lowest BCUT2D eigenvalue weighted by molar-refractivity contribution is 0.237. The number of aliphatic imine (C=N–C) groups is 1. The molecule has 5 nitrogen and oxygen atoms in total. The predicted molar refractivity (Wildman–Crippen MR) is 109 cm³/mol. The highest BCUT2D eigenvalue weighted by Gasteiger charge is 2.16. The number of hydrogen-bond donors (Lipinski definition) is 0. The first-order valence-electron chi connectivity index (χ1n) is 7.77. The molecule has 0 aromatic heterocycles. The molecular formula is C18H19ClN2O3S2. The van der Waals surface area contributed by atoms with E-state index in [1.165, 1.54) is 36.0 Å². The van der Waals surface area contributed by atoms with Crippen LogP contribution >= 0.6 is 23.4 Å². The highest BCUT2D eigenvalue weighted by molar-refractivity contribution is 8.13. The molecule has 0 aliphatic heterocycles. The summed E-state index contributed by atoms with van der Waals surface area (Å²) in [4.78, 5) is 4.38. The van der Waals surface area contributed by atoms with Crippen molar-refractivity contribution >= 4 is 44.5 Å². The van der Waals surface area contributed by atoms with E-state index < -0.39 is 10.0 Å². The maximum Gasteiger partial charge on any atom is 0.284 e. The van der Waals surface area contributed by atoms with E-state index in [9.17, 15) is 8.42 Å². The van der Waals surface area contributed by atoms with Gasteiger partial charge >= 0.3 is 0 Å². The Hall–Kier alpha value is -1.83. The second kappa shape index (κ2) is 9.21. The fourth-order valence-electron chi connectivity index (χ4n) is 1.91. The second-order valence-corrected chi connectivity index (χ2v) is 8.26. The third kappa shape index (κ3) is 5.86. The van der Waals surface area contributed by atoms with E-state index in [0.717, 1.165) is 0 Å². The van der Waals surface area contributed by atoms with E-state index >= 15 is 0 Å². The maximum absolute atomic E-state index is 12.7. The fraction of sp³-hybridized carbons (Fsp3) is 0.222. The summed E-state index contributed by atoms with van der Waals surface area (Å²) in [6.07, 6.45) is 1.71. The molecule has 0 unspecified atom stereocenters. The van der Waals surface area contributed by atoms with Gasteiger partial charge in [0, 0.05) is 10.6 Å². The van der Waals surface area contributed by atoms with Crippen molar-refractivity contribution in [3.8, 4) is 0 Å². The van der Waals surface area contributed by atoms with E-state index in [4.69, 9.17) is 16.3 Å². The quantitative estimate of drug-likeness (QED) is 0.544. The predicted octanol–water partition coefficient (Wildman–Crippen LogP) is 4.62. The van der Waals surface area contributed by atoms with E-state index in [1.54, 1.807) is 30.5 Å². The molecule has 2 aromatic rings. The third-order valence-electron chi connectivity index (χ3n) is 3.06. The Labute approximate surface area is 163 Å². The minimum absolute atomic E-state index is 0.0426. The maximum atomic E-state index is 12.7. The van der Waals surface area contributed by atoms with Crippen LogP contribution in [0.15, 0.2) is 68.9 Å². The number of halogens is 1. The van der Waals surface area contributed by atoms with Crippen LogP contribution in [0.2, 0.25) is 5.02 Å². The van der Waals surface area contributed by atoms with E-state index in [1.807, 2.05) is 19.9 Å². The van der Waals surface area contributed by atoms with E-state index in [-0.39, 0.29) is 16.8 Å². The lowest BCUT2D eigenvalue weighted by Crippen LogP contribution is -2.12. The van der Waals surface area contributed by atoms with Gasteiger partial charge in [0.05, 0.1) is 11.0 Å². The van der Waals surface area contributed by atoms with Crippen molar-refractivity contribution in [1.29, 1.82) is 0 Å². The van der Waals surface area contributed by atoms with Gasteiger partial charge < -0.3 is 4.74 Å². The minimum Gasteiger partial charge on any atom is -0.470 e. The Morgan fingerprint density at radius 2 is 1.69 bits per heavy atom. The van der Waals surface area contributed by atoms with Gasteiger partial charge in [-0.15, -0.1) is 4.40 Å². The Morgan fingerprint density at radius 3 is 2.23 bits per heavy atom. The first-order chi connectivity index (χ1) is 12.3. The van der Waals surface area contributed by atoms with Crippen LogP contribution in [0.3, 0.4) is 0 Å². The normalized spacial score (nSPS) is 13.1. The second-order valence-electron chi connectivity index (χ2n) is 5.46. The number of amidine groups is 1. The number of thioether (sulfide) groups is 1. The molecule has 8 heteroatoms. The summed E-state index contributed by atoms with van der Waals surface area (Å²) in [6.45, 7) is 3.74. The average molecular weight is 411 g/mol. The molecule has 0 N–H and O–H groups in total. The van der Waals surface area contributed by atoms with Crippen molar-refractivity contribution in [1.82, 2.24) is 0 Å². The van der Waals surface area contributed by atoms with Gasteiger partial charge in [-0.25, -0.2) is 0 Å². The van der Waals surface area contributed by atoms with Gasteiger partial charge in [0.25, 0.3) is 15.3 Å². The number of benzene rings is 2. The molecule has 0 heterocycles. The fourth-order valence-corrected chi connectivity index (χ4v) is 3.46. The molecule has 0 saturated heterocycles. The van der Waals surface area contributed by atoms with Crippen molar-refractivity contribution in [3.05, 3.63) is 65.2 Å². The summed E-state index contributed by atoms with van der Waals surface area (Å²) in [5, 5.41) is 0.790. The number of sulfonamides is 1. The Kier molecular flexibility index (Phi) is 7.25. The van der Waals surface area contributed by atoms with E-state index in [0.29, 0.717) is 15.8 Å². The zero-order valence-electron chi connectivity index (χ0n) is 14.6. The number of ether oxygens (including phenoxy) is 1. The molecule has 138 valence electrons. The summed E-state index contributed by atoms with van der Waals surface area (Å²) in [6, 6.07) is 14.7. The summed E-state index contributed by atoms with van der Waals surface area (Å²) in [5.41, 5.74) is 0.573. The molecule has 0 aliphatic rings. The summed E-state index contributed by atoms with van der Waals surface area (Å²) < 4.78 is 34.9. The standard InChI is InChI=1S/C18H19ClN2O3S2/c1-13(2)24-18(25-3)20-17(14-7-5-4-6-8-14)21-26(22,23)16-11-9-15(19)10-12-16/h4-13H,1-3H3. The summed E-state index contributed by atoms with van der Waals surface area (Å²) >= 11 is 7.11. The lowest BCUT2D eigenvalue weighted by Gasteiger charge is -2.11. The van der Waals surface area contributed by atoms with Gasteiger partial charge in [-0.2, -0.15) is 13.4 Å². The van der Waals surface area contributed by atoms with Crippen LogP contribution in [-0.4, -0.2) is 31.8 Å². The molecule has 0 saturated carbocycles. The molecule has 0 fully saturated rings. The van der Waals surface area contributed by atoms with Gasteiger partial charge in [-0.3, -0.25) is 0 Å². The molecule has 0 atom stereocenters. The first-order valence-corrected chi connectivity index (χ1v) is 10.8. The summed E-state index contributed by atoms with van der Waals surface area (Å²) in [7, 11) is -3.95. The molecule has 0 bridgehead atoms. The van der Waals surface area contributed by atoms with E-state index in [2.05, 4.69) is 9.39 Å². The largest absolute Gasteiger partial charge is 0.470 e. The molecule has 26 heavy (non-hydrogen) atoms. The van der Waals surface area contributed by atoms with Crippen molar-refractivity contribution in [2.45, 2.75) is 24.8 Å². The lowest BCUT2D eigenvalue weighted by atomic mass is 10.2. The zero-order chi connectivity index (χ0) is 19.2. The van der Waals surface area contributed by atoms with Crippen LogP contribution in [0.5, 0.6) is 0 Å². The zero-order valence-corrected chi connectivity index (χ0v) is 17.0. The molecule has 2 rings (SSSR count). The van der Waals surface area contributed by atoms with Crippen LogP contribution < -0.4 is 0 Å². The SMILES string of the molecule is CSC(=NC(=NS(=O)(=O)c1ccc(Cl)cc1)c1ccccc1)OC(C)C. The van der Waals surface area contributed by atoms with Crippen molar-refractivity contribution in [3.63, 3.8) is 0 Å². The van der Waals surface area contributed by atoms with Gasteiger partial charge in [-0.05, 0) is 44.4 Å². The Morgan fingerprint density at radius 1 is 1.08 bits per heavy atom. The smallest absolute Gasteiger partial charge is 0.284 e. The molecule has 2 aromatic carbocycles. The number of rotatable bonds is 4. The van der Waals surface area contributed by atoms with Crippen LogP contribution in [0.25, 0.3) is 0 Å². The molecule has 0 aliphatic carbocycles. The Bertz CT molecular complexity index is 894. The number of hydrogen-bond acceptors (Lipinski definition) is 4. The van der Waals surface area contributed by atoms with Gasteiger partial charge in [0.2, 0.25) is 0 Å². The number of nitrogens with zero attached hydrogens (tertiary/aromatic N) is 2. The van der Waals surface area contributed by atoms with Crippen LogP contribution in [0.4, 0.5) is 0 Å². The van der Waals surface area contributed by atoms with Gasteiger partial charge in [0.15, 0.2) is 5.84 Å². The van der Waals surface area contributed by atoms with Crippen LogP contribution in [0, 0.1) is 0 Å². The Balaban J connectivity index is 2.54. The topological polar surface area (TPSA) is 68.1 Å². The monoisotopic (exact) mass is 410 g/mol. The van der Waals surface area contributed by atoms with Crippen LogP contribution in [0.1, 0.15) is 19.4 Å².